The number of halogens is 1. The number of nitrogens with zero attached hydrogens (tertiary/aromatic N) is 3. The fourth-order valence-corrected chi connectivity index (χ4v) is 4.51. The highest BCUT2D eigenvalue weighted by molar-refractivity contribution is 14.0. The molecule has 2 heterocycles. The van der Waals surface area contributed by atoms with E-state index >= 15 is 0 Å². The van der Waals surface area contributed by atoms with E-state index in [-0.39, 0.29) is 24.0 Å². The normalized spacial score (nSPS) is 15.8. The van der Waals surface area contributed by atoms with Crippen LogP contribution in [0.15, 0.2) is 53.7 Å². The summed E-state index contributed by atoms with van der Waals surface area (Å²) in [4.78, 5) is 11.5. The molecule has 6 nitrogen and oxygen atoms in total. The Kier molecular flexibility index (Phi) is 11.3. The van der Waals surface area contributed by atoms with Crippen LogP contribution in [0.4, 0.5) is 5.82 Å². The third-order valence-corrected chi connectivity index (χ3v) is 6.45. The van der Waals surface area contributed by atoms with Crippen molar-refractivity contribution in [1.29, 1.82) is 0 Å². The summed E-state index contributed by atoms with van der Waals surface area (Å²) >= 11 is 0. The summed E-state index contributed by atoms with van der Waals surface area (Å²) in [6.45, 7) is 7.45. The Hall–Kier alpha value is -1.68. The average molecular weight is 556 g/mol. The third-order valence-electron chi connectivity index (χ3n) is 5.16. The average Bonchev–Trinajstić information content (AvgIpc) is 2.76. The number of piperidine rings is 1. The van der Waals surface area contributed by atoms with Crippen molar-refractivity contribution in [3.63, 3.8) is 0 Å². The lowest BCUT2D eigenvalue weighted by Crippen LogP contribution is -2.49. The molecule has 0 saturated carbocycles. The SMILES string of the molecule is CCNC(=NCCS(=O)Cc1ccccc1)NC1CCN(c2ccc(C)cn2)CC1.I. The van der Waals surface area contributed by atoms with Gasteiger partial charge in [0.2, 0.25) is 0 Å². The molecule has 0 bridgehead atoms. The van der Waals surface area contributed by atoms with Crippen molar-refractivity contribution >= 4 is 46.6 Å². The molecule has 3 rings (SSSR count). The van der Waals surface area contributed by atoms with Gasteiger partial charge in [-0.1, -0.05) is 36.4 Å². The molecule has 1 aliphatic rings. The Morgan fingerprint density at radius 2 is 1.94 bits per heavy atom. The van der Waals surface area contributed by atoms with Crippen LogP contribution in [0.5, 0.6) is 0 Å². The van der Waals surface area contributed by atoms with Crippen LogP contribution in [0, 0.1) is 6.92 Å². The van der Waals surface area contributed by atoms with Gasteiger partial charge in [-0.15, -0.1) is 24.0 Å². The number of benzene rings is 1. The van der Waals surface area contributed by atoms with E-state index < -0.39 is 10.8 Å². The number of hydrogen-bond acceptors (Lipinski definition) is 4. The summed E-state index contributed by atoms with van der Waals surface area (Å²) in [6, 6.07) is 14.6. The Bertz CT molecular complexity index is 824. The third kappa shape index (κ3) is 8.76. The lowest BCUT2D eigenvalue weighted by molar-refractivity contribution is 0.459. The fourth-order valence-electron chi connectivity index (χ4n) is 3.50. The number of pyridine rings is 1. The van der Waals surface area contributed by atoms with E-state index in [4.69, 9.17) is 0 Å². The van der Waals surface area contributed by atoms with E-state index in [1.165, 1.54) is 5.56 Å². The van der Waals surface area contributed by atoms with Crippen LogP contribution in [-0.2, 0) is 16.6 Å². The van der Waals surface area contributed by atoms with Crippen molar-refractivity contribution in [2.75, 3.05) is 36.8 Å². The number of aliphatic imine (C=N–C) groups is 1. The molecule has 1 fully saturated rings. The number of rotatable bonds is 8. The van der Waals surface area contributed by atoms with Crippen LogP contribution >= 0.6 is 24.0 Å². The summed E-state index contributed by atoms with van der Waals surface area (Å²) in [5, 5.41) is 6.87. The van der Waals surface area contributed by atoms with Crippen LogP contribution < -0.4 is 15.5 Å². The van der Waals surface area contributed by atoms with Gasteiger partial charge in [0, 0.05) is 54.2 Å². The molecular weight excluding hydrogens is 521 g/mol. The highest BCUT2D eigenvalue weighted by atomic mass is 127. The zero-order valence-corrected chi connectivity index (χ0v) is 21.6. The van der Waals surface area contributed by atoms with Gasteiger partial charge in [-0.2, -0.15) is 0 Å². The van der Waals surface area contributed by atoms with Gasteiger partial charge in [-0.25, -0.2) is 4.98 Å². The second-order valence-corrected chi connectivity index (χ2v) is 9.21. The van der Waals surface area contributed by atoms with E-state index in [0.717, 1.165) is 49.8 Å². The van der Waals surface area contributed by atoms with Gasteiger partial charge in [-0.05, 0) is 43.9 Å². The van der Waals surface area contributed by atoms with Crippen molar-refractivity contribution < 1.29 is 4.21 Å². The molecule has 1 unspecified atom stereocenters. The molecule has 8 heteroatoms. The highest BCUT2D eigenvalue weighted by Crippen LogP contribution is 2.18. The number of hydrogen-bond donors (Lipinski definition) is 2. The minimum Gasteiger partial charge on any atom is -0.357 e. The van der Waals surface area contributed by atoms with Crippen molar-refractivity contribution in [3.05, 3.63) is 59.8 Å². The summed E-state index contributed by atoms with van der Waals surface area (Å²) in [6.07, 6.45) is 4.01. The minimum absolute atomic E-state index is 0. The van der Waals surface area contributed by atoms with Gasteiger partial charge >= 0.3 is 0 Å². The first-order chi connectivity index (χ1) is 14.6. The molecule has 0 amide bonds. The lowest BCUT2D eigenvalue weighted by Gasteiger charge is -2.33. The Labute approximate surface area is 205 Å². The van der Waals surface area contributed by atoms with Crippen molar-refractivity contribution in [1.82, 2.24) is 15.6 Å². The zero-order chi connectivity index (χ0) is 21.2. The summed E-state index contributed by atoms with van der Waals surface area (Å²) in [5.74, 6) is 3.04. The molecule has 0 aliphatic carbocycles. The lowest BCUT2D eigenvalue weighted by atomic mass is 10.1. The van der Waals surface area contributed by atoms with Gasteiger partial charge in [-0.3, -0.25) is 9.20 Å². The molecule has 1 saturated heterocycles. The maximum Gasteiger partial charge on any atom is 0.191 e. The van der Waals surface area contributed by atoms with E-state index in [9.17, 15) is 4.21 Å². The molecule has 0 spiro atoms. The molecule has 2 aromatic rings. The van der Waals surface area contributed by atoms with Gasteiger partial charge in [0.05, 0.1) is 6.54 Å². The Morgan fingerprint density at radius 3 is 2.58 bits per heavy atom. The standard InChI is InChI=1S/C23H33N5OS.HI/c1-3-24-23(25-13-16-30(29)18-20-7-5-4-6-8-20)27-21-11-14-28(15-12-21)22-10-9-19(2)17-26-22;/h4-10,17,21H,3,11-16,18H2,1-2H3,(H2,24,25,27);1H. The number of anilines is 1. The molecular formula is C23H34IN5OS. The zero-order valence-electron chi connectivity index (χ0n) is 18.4. The van der Waals surface area contributed by atoms with Crippen LogP contribution in [0.3, 0.4) is 0 Å². The largest absolute Gasteiger partial charge is 0.357 e. The van der Waals surface area contributed by atoms with Crippen LogP contribution in [-0.4, -0.2) is 53.1 Å². The number of nitrogens with one attached hydrogen (secondary N) is 2. The molecule has 170 valence electrons. The smallest absolute Gasteiger partial charge is 0.191 e. The predicted octanol–water partition coefficient (Wildman–Crippen LogP) is 3.48. The fraction of sp³-hybridized carbons (Fsp3) is 0.478. The first-order valence-electron chi connectivity index (χ1n) is 10.8. The number of aromatic nitrogens is 1. The first kappa shape index (κ1) is 25.6. The van der Waals surface area contributed by atoms with E-state index in [0.29, 0.717) is 24.1 Å². The topological polar surface area (TPSA) is 69.6 Å². The van der Waals surface area contributed by atoms with Crippen molar-refractivity contribution in [3.8, 4) is 0 Å². The summed E-state index contributed by atoms with van der Waals surface area (Å²) in [7, 11) is -0.902. The van der Waals surface area contributed by atoms with Gasteiger partial charge in [0.15, 0.2) is 5.96 Å². The van der Waals surface area contributed by atoms with E-state index in [2.05, 4.69) is 51.5 Å². The molecule has 1 aromatic carbocycles. The molecule has 1 atom stereocenters. The summed E-state index contributed by atoms with van der Waals surface area (Å²) in [5.41, 5.74) is 2.30. The maximum absolute atomic E-state index is 12.3. The molecule has 31 heavy (non-hydrogen) atoms. The van der Waals surface area contributed by atoms with Gasteiger partial charge in [0.1, 0.15) is 5.82 Å². The Morgan fingerprint density at radius 1 is 1.19 bits per heavy atom. The number of aryl methyl sites for hydroxylation is 1. The Balaban J connectivity index is 0.00000341. The van der Waals surface area contributed by atoms with Crippen molar-refractivity contribution in [2.45, 2.75) is 38.5 Å². The van der Waals surface area contributed by atoms with Crippen LogP contribution in [0.2, 0.25) is 0 Å². The minimum atomic E-state index is -0.902. The first-order valence-corrected chi connectivity index (χ1v) is 12.2. The monoisotopic (exact) mass is 555 g/mol. The quantitative estimate of drug-likeness (QED) is 0.297. The molecule has 1 aliphatic heterocycles. The predicted molar refractivity (Wildman–Crippen MR) is 142 cm³/mol. The second kappa shape index (κ2) is 13.7. The van der Waals surface area contributed by atoms with Crippen LogP contribution in [0.25, 0.3) is 0 Å². The molecule has 2 N–H and O–H groups in total. The van der Waals surface area contributed by atoms with Gasteiger partial charge < -0.3 is 15.5 Å². The highest BCUT2D eigenvalue weighted by Gasteiger charge is 2.20. The maximum atomic E-state index is 12.3. The second-order valence-electron chi connectivity index (χ2n) is 7.63. The molecule has 1 aromatic heterocycles. The van der Waals surface area contributed by atoms with E-state index in [1.807, 2.05) is 36.5 Å². The van der Waals surface area contributed by atoms with Gasteiger partial charge in [0.25, 0.3) is 0 Å². The number of guanidine groups is 1. The summed E-state index contributed by atoms with van der Waals surface area (Å²) < 4.78 is 12.3. The van der Waals surface area contributed by atoms with Crippen molar-refractivity contribution in [2.24, 2.45) is 4.99 Å². The van der Waals surface area contributed by atoms with Crippen LogP contribution in [0.1, 0.15) is 30.9 Å². The molecule has 0 radical (unpaired) electrons. The van der Waals surface area contributed by atoms with E-state index in [1.54, 1.807) is 0 Å².